The summed E-state index contributed by atoms with van der Waals surface area (Å²) in [5.74, 6) is 0. The molecule has 0 aliphatic rings. The highest BCUT2D eigenvalue weighted by molar-refractivity contribution is 5.84. The van der Waals surface area contributed by atoms with Crippen molar-refractivity contribution in [2.45, 2.75) is 20.8 Å². The summed E-state index contributed by atoms with van der Waals surface area (Å²) in [5, 5.41) is 1.23. The van der Waals surface area contributed by atoms with E-state index in [1.54, 1.807) is 0 Å². The van der Waals surface area contributed by atoms with E-state index in [0.29, 0.717) is 0 Å². The van der Waals surface area contributed by atoms with Crippen molar-refractivity contribution in [2.24, 2.45) is 0 Å². The maximum atomic E-state index is 4.60. The highest BCUT2D eigenvalue weighted by Crippen LogP contribution is 2.21. The number of pyridine rings is 1. The molecular weight excluding hydrogens is 182 g/mol. The predicted molar refractivity (Wildman–Crippen MR) is 65.9 cm³/mol. The Hall–Kier alpha value is -1.63. The Balaban J connectivity index is 2.79. The second kappa shape index (κ2) is 3.50. The molecule has 0 unspecified atom stereocenters. The monoisotopic (exact) mass is 197 g/mol. The first-order valence-corrected chi connectivity index (χ1v) is 5.12. The first kappa shape index (κ1) is 9.91. The molecule has 1 aromatic heterocycles. The quantitative estimate of drug-likeness (QED) is 0.676. The van der Waals surface area contributed by atoms with Gasteiger partial charge >= 0.3 is 0 Å². The first-order valence-electron chi connectivity index (χ1n) is 5.12. The minimum atomic E-state index is 0.991. The number of allylic oxidation sites excluding steroid dienone is 1. The zero-order valence-corrected chi connectivity index (χ0v) is 9.46. The van der Waals surface area contributed by atoms with Crippen molar-refractivity contribution in [3.05, 3.63) is 47.7 Å². The maximum Gasteiger partial charge on any atom is 0.0714 e. The zero-order chi connectivity index (χ0) is 11.0. The third-order valence-corrected chi connectivity index (χ3v) is 2.61. The Morgan fingerprint density at radius 1 is 1.20 bits per heavy atom. The molecule has 0 aliphatic carbocycles. The Labute approximate surface area is 90.5 Å². The van der Waals surface area contributed by atoms with E-state index in [1.165, 1.54) is 16.5 Å². The SMILES string of the molecule is C=C(C)c1cc(C)c2ccc(C)cc2n1. The van der Waals surface area contributed by atoms with Gasteiger partial charge in [0.15, 0.2) is 0 Å². The minimum absolute atomic E-state index is 0.991. The van der Waals surface area contributed by atoms with Crippen LogP contribution in [-0.2, 0) is 0 Å². The van der Waals surface area contributed by atoms with Crippen LogP contribution in [0.5, 0.6) is 0 Å². The molecule has 0 atom stereocenters. The Morgan fingerprint density at radius 3 is 2.60 bits per heavy atom. The standard InChI is InChI=1S/C14H15N/c1-9(2)13-8-11(4)12-6-5-10(3)7-14(12)15-13/h5-8H,1H2,2-4H3. The summed E-state index contributed by atoms with van der Waals surface area (Å²) in [5.41, 5.74) is 5.58. The lowest BCUT2D eigenvalue weighted by molar-refractivity contribution is 1.30. The molecule has 0 N–H and O–H groups in total. The van der Waals surface area contributed by atoms with E-state index in [-0.39, 0.29) is 0 Å². The zero-order valence-electron chi connectivity index (χ0n) is 9.46. The number of fused-ring (bicyclic) bond motifs is 1. The minimum Gasteiger partial charge on any atom is -0.248 e. The van der Waals surface area contributed by atoms with Crippen molar-refractivity contribution >= 4 is 16.5 Å². The molecule has 1 heteroatoms. The number of benzene rings is 1. The van der Waals surface area contributed by atoms with Gasteiger partial charge in [0.25, 0.3) is 0 Å². The van der Waals surface area contributed by atoms with Crippen LogP contribution in [-0.4, -0.2) is 4.98 Å². The maximum absolute atomic E-state index is 4.60. The lowest BCUT2D eigenvalue weighted by Gasteiger charge is -2.06. The average molecular weight is 197 g/mol. The van der Waals surface area contributed by atoms with Crippen LogP contribution in [0.25, 0.3) is 16.5 Å². The lowest BCUT2D eigenvalue weighted by Crippen LogP contribution is -1.90. The van der Waals surface area contributed by atoms with Crippen molar-refractivity contribution in [3.8, 4) is 0 Å². The van der Waals surface area contributed by atoms with Gasteiger partial charge in [0.05, 0.1) is 11.2 Å². The van der Waals surface area contributed by atoms with Crippen LogP contribution in [0, 0.1) is 13.8 Å². The second-order valence-corrected chi connectivity index (χ2v) is 4.13. The van der Waals surface area contributed by atoms with Crippen LogP contribution in [0.15, 0.2) is 30.8 Å². The highest BCUT2D eigenvalue weighted by atomic mass is 14.7. The molecule has 15 heavy (non-hydrogen) atoms. The van der Waals surface area contributed by atoms with E-state index >= 15 is 0 Å². The van der Waals surface area contributed by atoms with Gasteiger partial charge in [-0.1, -0.05) is 18.7 Å². The van der Waals surface area contributed by atoms with E-state index < -0.39 is 0 Å². The molecule has 0 fully saturated rings. The first-order chi connectivity index (χ1) is 7.08. The summed E-state index contributed by atoms with van der Waals surface area (Å²) in [6.07, 6.45) is 0. The van der Waals surface area contributed by atoms with Crippen LogP contribution in [0.4, 0.5) is 0 Å². The van der Waals surface area contributed by atoms with Crippen LogP contribution < -0.4 is 0 Å². The molecule has 2 rings (SSSR count). The van der Waals surface area contributed by atoms with Crippen molar-refractivity contribution in [3.63, 3.8) is 0 Å². The van der Waals surface area contributed by atoms with E-state index in [9.17, 15) is 0 Å². The average Bonchev–Trinajstić information content (AvgIpc) is 2.16. The molecule has 0 bridgehead atoms. The molecule has 0 radical (unpaired) electrons. The van der Waals surface area contributed by atoms with Gasteiger partial charge in [-0.3, -0.25) is 0 Å². The van der Waals surface area contributed by atoms with Gasteiger partial charge in [0.2, 0.25) is 0 Å². The molecule has 0 saturated carbocycles. The van der Waals surface area contributed by atoms with E-state index in [2.05, 4.69) is 49.7 Å². The van der Waals surface area contributed by atoms with Gasteiger partial charge in [-0.15, -0.1) is 0 Å². The summed E-state index contributed by atoms with van der Waals surface area (Å²) in [7, 11) is 0. The Kier molecular flexibility index (Phi) is 2.31. The molecule has 1 aromatic carbocycles. The molecule has 0 saturated heterocycles. The Bertz CT molecular complexity index is 538. The number of aromatic nitrogens is 1. The fourth-order valence-electron chi connectivity index (χ4n) is 1.73. The van der Waals surface area contributed by atoms with Crippen LogP contribution in [0.1, 0.15) is 23.7 Å². The second-order valence-electron chi connectivity index (χ2n) is 4.13. The van der Waals surface area contributed by atoms with Gasteiger partial charge in [-0.2, -0.15) is 0 Å². The molecule has 1 heterocycles. The fraction of sp³-hybridized carbons (Fsp3) is 0.214. The predicted octanol–water partition coefficient (Wildman–Crippen LogP) is 3.88. The molecule has 0 amide bonds. The van der Waals surface area contributed by atoms with Crippen LogP contribution >= 0.6 is 0 Å². The van der Waals surface area contributed by atoms with E-state index in [4.69, 9.17) is 0 Å². The summed E-state index contributed by atoms with van der Waals surface area (Å²) in [6.45, 7) is 10.1. The summed E-state index contributed by atoms with van der Waals surface area (Å²) in [4.78, 5) is 4.60. The summed E-state index contributed by atoms with van der Waals surface area (Å²) >= 11 is 0. The molecule has 0 spiro atoms. The van der Waals surface area contributed by atoms with Crippen molar-refractivity contribution in [1.82, 2.24) is 4.98 Å². The summed E-state index contributed by atoms with van der Waals surface area (Å²) in [6, 6.07) is 8.47. The summed E-state index contributed by atoms with van der Waals surface area (Å²) < 4.78 is 0. The van der Waals surface area contributed by atoms with Crippen LogP contribution in [0.2, 0.25) is 0 Å². The van der Waals surface area contributed by atoms with Gasteiger partial charge in [-0.25, -0.2) is 4.98 Å². The van der Waals surface area contributed by atoms with Crippen molar-refractivity contribution in [1.29, 1.82) is 0 Å². The van der Waals surface area contributed by atoms with Crippen molar-refractivity contribution < 1.29 is 0 Å². The number of hydrogen-bond donors (Lipinski definition) is 0. The van der Waals surface area contributed by atoms with Gasteiger partial charge in [0, 0.05) is 5.39 Å². The molecule has 1 nitrogen and oxygen atoms in total. The molecule has 0 aliphatic heterocycles. The third kappa shape index (κ3) is 1.78. The number of nitrogens with zero attached hydrogens (tertiary/aromatic N) is 1. The number of aryl methyl sites for hydroxylation is 2. The third-order valence-electron chi connectivity index (χ3n) is 2.61. The van der Waals surface area contributed by atoms with Crippen LogP contribution in [0.3, 0.4) is 0 Å². The largest absolute Gasteiger partial charge is 0.248 e. The fourth-order valence-corrected chi connectivity index (χ4v) is 1.73. The van der Waals surface area contributed by atoms with Gasteiger partial charge < -0.3 is 0 Å². The van der Waals surface area contributed by atoms with Crippen molar-refractivity contribution in [2.75, 3.05) is 0 Å². The molecule has 2 aromatic rings. The normalized spacial score (nSPS) is 10.6. The number of hydrogen-bond acceptors (Lipinski definition) is 1. The molecule has 76 valence electrons. The number of rotatable bonds is 1. The topological polar surface area (TPSA) is 12.9 Å². The Morgan fingerprint density at radius 2 is 1.93 bits per heavy atom. The van der Waals surface area contributed by atoms with Gasteiger partial charge in [-0.05, 0) is 49.6 Å². The van der Waals surface area contributed by atoms with E-state index in [1.807, 2.05) is 6.92 Å². The smallest absolute Gasteiger partial charge is 0.0714 e. The molecular formula is C14H15N. The lowest BCUT2D eigenvalue weighted by atomic mass is 10.1. The van der Waals surface area contributed by atoms with E-state index in [0.717, 1.165) is 16.8 Å². The van der Waals surface area contributed by atoms with Gasteiger partial charge in [0.1, 0.15) is 0 Å². The highest BCUT2D eigenvalue weighted by Gasteiger charge is 2.03.